The highest BCUT2D eigenvalue weighted by atomic mass is 16.7. The Morgan fingerprint density at radius 3 is 2.35 bits per heavy atom. The predicted molar refractivity (Wildman–Crippen MR) is 85.6 cm³/mol. The van der Waals surface area contributed by atoms with Gasteiger partial charge in [-0.25, -0.2) is 10.3 Å². The van der Waals surface area contributed by atoms with E-state index in [1.54, 1.807) is 24.3 Å². The highest BCUT2D eigenvalue weighted by molar-refractivity contribution is 6.16. The molecule has 0 aliphatic rings. The molecule has 0 heterocycles. The first-order valence-electron chi connectivity index (χ1n) is 6.55. The Hall–Kier alpha value is -2.93. The maximum atomic E-state index is 11.9. The van der Waals surface area contributed by atoms with Crippen LogP contribution in [0.1, 0.15) is 5.56 Å². The molecule has 0 aliphatic carbocycles. The number of benzene rings is 1. The van der Waals surface area contributed by atoms with Gasteiger partial charge in [-0.3, -0.25) is 10.3 Å². The first-order chi connectivity index (χ1) is 11.0. The molecule has 2 N–H and O–H groups in total. The molecule has 0 fully saturated rings. The second-order valence-electron chi connectivity index (χ2n) is 4.22. The summed E-state index contributed by atoms with van der Waals surface area (Å²) in [5.74, 6) is -0.167. The van der Waals surface area contributed by atoms with Crippen LogP contribution < -0.4 is 15.8 Å². The van der Waals surface area contributed by atoms with Crippen LogP contribution in [-0.2, 0) is 19.1 Å². The number of methoxy groups -OCH3 is 2. The minimum absolute atomic E-state index is 0.215. The zero-order chi connectivity index (χ0) is 17.2. The number of nitrogens with one attached hydrogen (secondary N) is 2. The number of hydrogen-bond donors (Lipinski definition) is 2. The second-order valence-corrected chi connectivity index (χ2v) is 4.22. The fourth-order valence-corrected chi connectivity index (χ4v) is 1.59. The van der Waals surface area contributed by atoms with Crippen LogP contribution in [-0.4, -0.2) is 27.3 Å². The summed E-state index contributed by atoms with van der Waals surface area (Å²) < 4.78 is 9.68. The summed E-state index contributed by atoms with van der Waals surface area (Å²) in [6.45, 7) is 7.44. The van der Waals surface area contributed by atoms with Crippen molar-refractivity contribution >= 4 is 11.5 Å². The van der Waals surface area contributed by atoms with Gasteiger partial charge in [-0.2, -0.15) is 0 Å². The summed E-state index contributed by atoms with van der Waals surface area (Å²) in [5, 5.41) is 0. The number of rotatable bonds is 9. The third kappa shape index (κ3) is 5.08. The average molecular weight is 320 g/mol. The highest BCUT2D eigenvalue weighted by Gasteiger charge is 2.18. The number of carbonyl (C=O) groups is 1. The summed E-state index contributed by atoms with van der Waals surface area (Å²) in [4.78, 5) is 22.1. The molecule has 0 saturated carbocycles. The number of hydrogen-bond acceptors (Lipinski definition) is 7. The maximum Gasteiger partial charge on any atom is 0.341 e. The van der Waals surface area contributed by atoms with Gasteiger partial charge in [-0.15, -0.1) is 0 Å². The van der Waals surface area contributed by atoms with Gasteiger partial charge in [0, 0.05) is 5.56 Å². The molecule has 0 atom stereocenters. The van der Waals surface area contributed by atoms with Gasteiger partial charge < -0.3 is 14.3 Å². The van der Waals surface area contributed by atoms with E-state index in [-0.39, 0.29) is 5.57 Å². The Morgan fingerprint density at radius 2 is 1.74 bits per heavy atom. The summed E-state index contributed by atoms with van der Waals surface area (Å²) in [7, 11) is 4.18. The molecule has 1 rings (SSSR count). The largest absolute Gasteiger partial charge is 0.503 e. The van der Waals surface area contributed by atoms with Crippen LogP contribution in [0.15, 0.2) is 55.1 Å². The molecule has 0 unspecified atom stereocenters. The van der Waals surface area contributed by atoms with Crippen molar-refractivity contribution in [1.29, 1.82) is 0 Å². The van der Waals surface area contributed by atoms with Crippen molar-refractivity contribution in [2.24, 2.45) is 0 Å². The fourth-order valence-electron chi connectivity index (χ4n) is 1.59. The van der Waals surface area contributed by atoms with Gasteiger partial charge in [0.2, 0.25) is 0 Å². The van der Waals surface area contributed by atoms with Gasteiger partial charge >= 0.3 is 5.97 Å². The molecular formula is C16H20N2O5. The van der Waals surface area contributed by atoms with Gasteiger partial charge in [0.1, 0.15) is 5.57 Å². The van der Waals surface area contributed by atoms with Crippen LogP contribution >= 0.6 is 0 Å². The van der Waals surface area contributed by atoms with Crippen LogP contribution in [0.25, 0.3) is 5.57 Å². The molecule has 23 heavy (non-hydrogen) atoms. The van der Waals surface area contributed by atoms with Crippen LogP contribution in [0.4, 0.5) is 0 Å². The summed E-state index contributed by atoms with van der Waals surface area (Å²) in [5.41, 5.74) is 6.61. The lowest BCUT2D eigenvalue weighted by molar-refractivity contribution is -0.133. The van der Waals surface area contributed by atoms with E-state index in [4.69, 9.17) is 19.1 Å². The zero-order valence-corrected chi connectivity index (χ0v) is 13.3. The van der Waals surface area contributed by atoms with Crippen LogP contribution in [0.3, 0.4) is 0 Å². The number of para-hydroxylation sites is 1. The van der Waals surface area contributed by atoms with Crippen molar-refractivity contribution in [1.82, 2.24) is 11.0 Å². The average Bonchev–Trinajstić information content (AvgIpc) is 2.57. The Bertz CT molecular complexity index is 610. The Labute approximate surface area is 135 Å². The van der Waals surface area contributed by atoms with Gasteiger partial charge in [-0.05, 0) is 6.07 Å². The van der Waals surface area contributed by atoms with E-state index in [0.29, 0.717) is 22.7 Å². The first-order valence-corrected chi connectivity index (χ1v) is 6.55. The third-order valence-corrected chi connectivity index (χ3v) is 2.69. The molecule has 0 amide bonds. The van der Waals surface area contributed by atoms with Crippen LogP contribution in [0, 0.1) is 0 Å². The first kappa shape index (κ1) is 18.1. The molecule has 0 spiro atoms. The minimum Gasteiger partial charge on any atom is -0.503 e. The topological polar surface area (TPSA) is 78.0 Å². The maximum absolute atomic E-state index is 11.9. The van der Waals surface area contributed by atoms with Crippen molar-refractivity contribution in [3.05, 3.63) is 60.6 Å². The monoisotopic (exact) mass is 320 g/mol. The minimum atomic E-state index is -0.549. The highest BCUT2D eigenvalue weighted by Crippen LogP contribution is 2.26. The molecule has 7 nitrogen and oxygen atoms in total. The third-order valence-electron chi connectivity index (χ3n) is 2.69. The van der Waals surface area contributed by atoms with Crippen molar-refractivity contribution in [3.8, 4) is 5.75 Å². The fraction of sp³-hybridized carbons (Fsp3) is 0.188. The van der Waals surface area contributed by atoms with Crippen molar-refractivity contribution in [3.63, 3.8) is 0 Å². The Kier molecular flexibility index (Phi) is 7.22. The van der Waals surface area contributed by atoms with E-state index >= 15 is 0 Å². The molecule has 1 aromatic rings. The Balaban J connectivity index is 2.97. The predicted octanol–water partition coefficient (Wildman–Crippen LogP) is 1.91. The van der Waals surface area contributed by atoms with Crippen molar-refractivity contribution in [2.75, 3.05) is 21.3 Å². The van der Waals surface area contributed by atoms with E-state index in [9.17, 15) is 4.79 Å². The van der Waals surface area contributed by atoms with Crippen LogP contribution in [0.2, 0.25) is 0 Å². The number of carbonyl (C=O) groups excluding carboxylic acids is 1. The zero-order valence-electron chi connectivity index (χ0n) is 13.3. The SMILES string of the molecule is C=C(NOC)C(=C)NOc1ccccc1C(=COC)C(=O)OC. The lowest BCUT2D eigenvalue weighted by Crippen LogP contribution is -2.24. The summed E-state index contributed by atoms with van der Waals surface area (Å²) >= 11 is 0. The molecule has 0 aliphatic heterocycles. The van der Waals surface area contributed by atoms with E-state index in [1.807, 2.05) is 0 Å². The number of esters is 1. The molecule has 0 aromatic heterocycles. The molecule has 0 radical (unpaired) electrons. The standard InChI is InChI=1S/C16H20N2O5/c1-11(17-22-5)12(2)18-23-15-9-7-6-8-13(15)14(10-20-3)16(19)21-4/h6-10,17-18H,1-2H2,3-5H3. The Morgan fingerprint density at radius 1 is 1.09 bits per heavy atom. The lowest BCUT2D eigenvalue weighted by atomic mass is 10.1. The smallest absolute Gasteiger partial charge is 0.341 e. The lowest BCUT2D eigenvalue weighted by Gasteiger charge is -2.16. The van der Waals surface area contributed by atoms with E-state index in [0.717, 1.165) is 0 Å². The molecule has 124 valence electrons. The van der Waals surface area contributed by atoms with E-state index in [2.05, 4.69) is 24.1 Å². The van der Waals surface area contributed by atoms with E-state index in [1.165, 1.54) is 27.6 Å². The van der Waals surface area contributed by atoms with E-state index < -0.39 is 5.97 Å². The van der Waals surface area contributed by atoms with Gasteiger partial charge in [0.15, 0.2) is 5.75 Å². The quantitative estimate of drug-likeness (QED) is 0.236. The molecule has 7 heteroatoms. The van der Waals surface area contributed by atoms with Gasteiger partial charge in [0.25, 0.3) is 0 Å². The number of ether oxygens (including phenoxy) is 2. The van der Waals surface area contributed by atoms with Crippen LogP contribution in [0.5, 0.6) is 5.75 Å². The normalized spacial score (nSPS) is 10.5. The number of hydroxylamine groups is 2. The molecule has 0 bridgehead atoms. The summed E-state index contributed by atoms with van der Waals surface area (Å²) in [6.07, 6.45) is 1.29. The summed E-state index contributed by atoms with van der Waals surface area (Å²) in [6, 6.07) is 6.89. The molecule has 1 aromatic carbocycles. The second kappa shape index (κ2) is 9.16. The molecule has 0 saturated heterocycles. The molecular weight excluding hydrogens is 300 g/mol. The van der Waals surface area contributed by atoms with Gasteiger partial charge in [-0.1, -0.05) is 31.4 Å². The van der Waals surface area contributed by atoms with Crippen molar-refractivity contribution < 1.29 is 23.9 Å². The van der Waals surface area contributed by atoms with Gasteiger partial charge in [0.05, 0.1) is 39.0 Å². The van der Waals surface area contributed by atoms with Crippen molar-refractivity contribution in [2.45, 2.75) is 0 Å².